The SMILES string of the molecule is O=C(COc1ccccc1Cc1ccccc1)N1CCC[C@@H]1c1cccs1. The molecule has 1 aromatic heterocycles. The third-order valence-electron chi connectivity index (χ3n) is 5.01. The highest BCUT2D eigenvalue weighted by Crippen LogP contribution is 2.34. The summed E-state index contributed by atoms with van der Waals surface area (Å²) in [5.74, 6) is 0.863. The second-order valence-corrected chi connectivity index (χ2v) is 7.80. The van der Waals surface area contributed by atoms with E-state index < -0.39 is 0 Å². The molecule has 0 unspecified atom stereocenters. The zero-order chi connectivity index (χ0) is 18.5. The van der Waals surface area contributed by atoms with Crippen LogP contribution in [-0.2, 0) is 11.2 Å². The Hall–Kier alpha value is -2.59. The zero-order valence-electron chi connectivity index (χ0n) is 15.2. The molecule has 0 bridgehead atoms. The van der Waals surface area contributed by atoms with E-state index in [2.05, 4.69) is 35.7 Å². The molecule has 4 rings (SSSR count). The Kier molecular flexibility index (Phi) is 5.54. The van der Waals surface area contributed by atoms with Gasteiger partial charge in [-0.2, -0.15) is 0 Å². The maximum absolute atomic E-state index is 12.8. The molecule has 2 heterocycles. The summed E-state index contributed by atoms with van der Waals surface area (Å²) in [5.41, 5.74) is 2.34. The van der Waals surface area contributed by atoms with E-state index in [0.29, 0.717) is 0 Å². The minimum absolute atomic E-state index is 0.0698. The lowest BCUT2D eigenvalue weighted by atomic mass is 10.0. The van der Waals surface area contributed by atoms with Crippen LogP contribution in [0.2, 0.25) is 0 Å². The largest absolute Gasteiger partial charge is 0.483 e. The maximum Gasteiger partial charge on any atom is 0.261 e. The van der Waals surface area contributed by atoms with Gasteiger partial charge >= 0.3 is 0 Å². The number of amides is 1. The summed E-state index contributed by atoms with van der Waals surface area (Å²) in [6.45, 7) is 0.907. The molecule has 1 atom stereocenters. The van der Waals surface area contributed by atoms with E-state index in [1.807, 2.05) is 41.3 Å². The Morgan fingerprint density at radius 1 is 1.04 bits per heavy atom. The molecule has 4 heteroatoms. The highest BCUT2D eigenvalue weighted by atomic mass is 32.1. The zero-order valence-corrected chi connectivity index (χ0v) is 16.0. The molecule has 0 radical (unpaired) electrons. The molecule has 0 aliphatic carbocycles. The van der Waals surface area contributed by atoms with E-state index in [4.69, 9.17) is 4.74 Å². The molecule has 3 aromatic rings. The second kappa shape index (κ2) is 8.40. The fraction of sp³-hybridized carbons (Fsp3) is 0.261. The molecule has 0 spiro atoms. The summed E-state index contributed by atoms with van der Waals surface area (Å²) in [5, 5.41) is 2.08. The lowest BCUT2D eigenvalue weighted by Gasteiger charge is -2.24. The van der Waals surface area contributed by atoms with Gasteiger partial charge in [-0.05, 0) is 41.5 Å². The van der Waals surface area contributed by atoms with Gasteiger partial charge in [0.1, 0.15) is 5.75 Å². The number of hydrogen-bond donors (Lipinski definition) is 0. The quantitative estimate of drug-likeness (QED) is 0.599. The fourth-order valence-corrected chi connectivity index (χ4v) is 4.54. The Morgan fingerprint density at radius 3 is 2.67 bits per heavy atom. The highest BCUT2D eigenvalue weighted by Gasteiger charge is 2.30. The lowest BCUT2D eigenvalue weighted by molar-refractivity contribution is -0.134. The van der Waals surface area contributed by atoms with Gasteiger partial charge in [0.25, 0.3) is 5.91 Å². The molecule has 138 valence electrons. The first kappa shape index (κ1) is 17.8. The molecule has 1 amide bonds. The summed E-state index contributed by atoms with van der Waals surface area (Å²) >= 11 is 1.72. The average Bonchev–Trinajstić information content (AvgIpc) is 3.39. The molecule has 2 aromatic carbocycles. The van der Waals surface area contributed by atoms with Crippen molar-refractivity contribution in [1.82, 2.24) is 4.90 Å². The van der Waals surface area contributed by atoms with Crippen molar-refractivity contribution in [2.75, 3.05) is 13.2 Å². The van der Waals surface area contributed by atoms with Crippen LogP contribution >= 0.6 is 11.3 Å². The minimum Gasteiger partial charge on any atom is -0.483 e. The van der Waals surface area contributed by atoms with Crippen molar-refractivity contribution in [3.05, 3.63) is 88.1 Å². The highest BCUT2D eigenvalue weighted by molar-refractivity contribution is 7.10. The number of carbonyl (C=O) groups excluding carboxylic acids is 1. The first-order valence-corrected chi connectivity index (χ1v) is 10.3. The van der Waals surface area contributed by atoms with Crippen LogP contribution < -0.4 is 4.74 Å². The third kappa shape index (κ3) is 4.22. The number of benzene rings is 2. The summed E-state index contributed by atoms with van der Waals surface area (Å²) in [7, 11) is 0. The third-order valence-corrected chi connectivity index (χ3v) is 5.98. The topological polar surface area (TPSA) is 29.5 Å². The van der Waals surface area contributed by atoms with Crippen LogP contribution in [0.1, 0.15) is 34.9 Å². The first-order valence-electron chi connectivity index (χ1n) is 9.39. The lowest BCUT2D eigenvalue weighted by Crippen LogP contribution is -2.34. The molecule has 1 aliphatic rings. The van der Waals surface area contributed by atoms with Gasteiger partial charge in [0.15, 0.2) is 6.61 Å². The van der Waals surface area contributed by atoms with E-state index >= 15 is 0 Å². The first-order chi connectivity index (χ1) is 13.3. The molecule has 3 nitrogen and oxygen atoms in total. The van der Waals surface area contributed by atoms with Crippen LogP contribution in [0.3, 0.4) is 0 Å². The standard InChI is InChI=1S/C23H23NO2S/c25-23(24-14-6-11-20(24)22-13-7-15-27-22)17-26-21-12-5-4-10-19(21)16-18-8-2-1-3-9-18/h1-5,7-10,12-13,15,20H,6,11,14,16-17H2/t20-/m1/s1. The molecule has 1 saturated heterocycles. The van der Waals surface area contributed by atoms with E-state index in [0.717, 1.165) is 37.1 Å². The summed E-state index contributed by atoms with van der Waals surface area (Å²) in [4.78, 5) is 16.0. The monoisotopic (exact) mass is 377 g/mol. The van der Waals surface area contributed by atoms with Gasteiger partial charge in [-0.25, -0.2) is 0 Å². The number of thiophene rings is 1. The van der Waals surface area contributed by atoms with Crippen molar-refractivity contribution in [2.24, 2.45) is 0 Å². The number of ether oxygens (including phenoxy) is 1. The predicted molar refractivity (Wildman–Crippen MR) is 109 cm³/mol. The van der Waals surface area contributed by atoms with Gasteiger partial charge in [-0.15, -0.1) is 11.3 Å². The summed E-state index contributed by atoms with van der Waals surface area (Å²) < 4.78 is 5.96. The summed E-state index contributed by atoms with van der Waals surface area (Å²) in [6.07, 6.45) is 2.89. The molecular formula is C23H23NO2S. The Labute approximate surface area is 164 Å². The number of likely N-dealkylation sites (tertiary alicyclic amines) is 1. The Bertz CT molecular complexity index is 876. The number of nitrogens with zero attached hydrogens (tertiary/aromatic N) is 1. The van der Waals surface area contributed by atoms with Crippen LogP contribution in [0, 0.1) is 0 Å². The van der Waals surface area contributed by atoms with Gasteiger partial charge in [-0.1, -0.05) is 54.6 Å². The second-order valence-electron chi connectivity index (χ2n) is 6.82. The van der Waals surface area contributed by atoms with Crippen LogP contribution in [0.15, 0.2) is 72.1 Å². The normalized spacial score (nSPS) is 16.4. The van der Waals surface area contributed by atoms with Crippen molar-refractivity contribution in [3.8, 4) is 5.75 Å². The molecule has 0 saturated carbocycles. The van der Waals surface area contributed by atoms with Gasteiger partial charge in [0, 0.05) is 17.8 Å². The van der Waals surface area contributed by atoms with E-state index in [1.165, 1.54) is 10.4 Å². The van der Waals surface area contributed by atoms with Crippen LogP contribution in [0.5, 0.6) is 5.75 Å². The van der Waals surface area contributed by atoms with E-state index in [-0.39, 0.29) is 18.6 Å². The average molecular weight is 378 g/mol. The van der Waals surface area contributed by atoms with Gasteiger partial charge < -0.3 is 9.64 Å². The van der Waals surface area contributed by atoms with Crippen molar-refractivity contribution in [3.63, 3.8) is 0 Å². The smallest absolute Gasteiger partial charge is 0.261 e. The predicted octanol–water partition coefficient (Wildman–Crippen LogP) is 5.08. The fourth-order valence-electron chi connectivity index (χ4n) is 3.67. The van der Waals surface area contributed by atoms with Gasteiger partial charge in [-0.3, -0.25) is 4.79 Å². The van der Waals surface area contributed by atoms with Crippen molar-refractivity contribution >= 4 is 17.2 Å². The van der Waals surface area contributed by atoms with Crippen LogP contribution in [0.4, 0.5) is 0 Å². The number of hydrogen-bond acceptors (Lipinski definition) is 3. The number of carbonyl (C=O) groups is 1. The Balaban J connectivity index is 1.42. The number of para-hydroxylation sites is 1. The van der Waals surface area contributed by atoms with Gasteiger partial charge in [0.05, 0.1) is 6.04 Å². The van der Waals surface area contributed by atoms with E-state index in [9.17, 15) is 4.79 Å². The molecule has 27 heavy (non-hydrogen) atoms. The minimum atomic E-state index is 0.0698. The van der Waals surface area contributed by atoms with Gasteiger partial charge in [0.2, 0.25) is 0 Å². The van der Waals surface area contributed by atoms with Crippen molar-refractivity contribution < 1.29 is 9.53 Å². The van der Waals surface area contributed by atoms with Crippen LogP contribution in [0.25, 0.3) is 0 Å². The van der Waals surface area contributed by atoms with Crippen LogP contribution in [-0.4, -0.2) is 24.0 Å². The Morgan fingerprint density at radius 2 is 1.85 bits per heavy atom. The van der Waals surface area contributed by atoms with Crippen molar-refractivity contribution in [2.45, 2.75) is 25.3 Å². The van der Waals surface area contributed by atoms with Crippen molar-refractivity contribution in [1.29, 1.82) is 0 Å². The number of rotatable bonds is 6. The van der Waals surface area contributed by atoms with E-state index in [1.54, 1.807) is 11.3 Å². The summed E-state index contributed by atoms with van der Waals surface area (Å²) in [6, 6.07) is 22.7. The molecule has 1 aliphatic heterocycles. The molecule has 1 fully saturated rings. The molecular weight excluding hydrogens is 354 g/mol. The maximum atomic E-state index is 12.8. The molecule has 0 N–H and O–H groups in total.